The Morgan fingerprint density at radius 2 is 2.14 bits per heavy atom. The van der Waals surface area contributed by atoms with Crippen molar-refractivity contribution < 1.29 is 9.90 Å². The third kappa shape index (κ3) is 2.75. The van der Waals surface area contributed by atoms with E-state index in [1.165, 1.54) is 0 Å². The van der Waals surface area contributed by atoms with E-state index in [1.54, 1.807) is 23.6 Å². The van der Waals surface area contributed by atoms with Crippen LogP contribution in [0.4, 0.5) is 5.82 Å². The highest BCUT2D eigenvalue weighted by atomic mass is 32.1. The summed E-state index contributed by atoms with van der Waals surface area (Å²) in [6.07, 6.45) is 0. The number of aromatic amines is 1. The summed E-state index contributed by atoms with van der Waals surface area (Å²) < 4.78 is 0. The van der Waals surface area contributed by atoms with Gasteiger partial charge in [0, 0.05) is 16.5 Å². The van der Waals surface area contributed by atoms with E-state index in [4.69, 9.17) is 5.11 Å². The number of aromatic nitrogens is 3. The minimum Gasteiger partial charge on any atom is -0.475 e. The first-order valence-electron chi connectivity index (χ1n) is 6.04. The van der Waals surface area contributed by atoms with E-state index < -0.39 is 5.97 Å². The van der Waals surface area contributed by atoms with Crippen LogP contribution in [0.15, 0.2) is 34.4 Å². The summed E-state index contributed by atoms with van der Waals surface area (Å²) in [6.45, 7) is 0.346. The molecule has 0 aliphatic heterocycles. The van der Waals surface area contributed by atoms with E-state index in [1.807, 2.05) is 6.07 Å². The van der Waals surface area contributed by atoms with Crippen molar-refractivity contribution in [2.45, 2.75) is 6.54 Å². The van der Waals surface area contributed by atoms with Crippen LogP contribution in [0.1, 0.15) is 16.3 Å². The molecule has 0 unspecified atom stereocenters. The van der Waals surface area contributed by atoms with Gasteiger partial charge in [0.05, 0.1) is 12.1 Å². The predicted molar refractivity (Wildman–Crippen MR) is 78.8 cm³/mol. The van der Waals surface area contributed by atoms with E-state index >= 15 is 0 Å². The van der Waals surface area contributed by atoms with Gasteiger partial charge >= 0.3 is 10.8 Å². The maximum Gasteiger partial charge on any atom is 0.374 e. The Labute approximate surface area is 122 Å². The second-order valence-corrected chi connectivity index (χ2v) is 5.09. The summed E-state index contributed by atoms with van der Waals surface area (Å²) >= 11 is 1.07. The van der Waals surface area contributed by atoms with Gasteiger partial charge in [0.1, 0.15) is 5.82 Å². The van der Waals surface area contributed by atoms with Gasteiger partial charge in [-0.3, -0.25) is 4.79 Å². The lowest BCUT2D eigenvalue weighted by Crippen LogP contribution is -2.10. The lowest BCUT2D eigenvalue weighted by atomic mass is 10.2. The largest absolute Gasteiger partial charge is 0.475 e. The van der Waals surface area contributed by atoms with Crippen molar-refractivity contribution in [2.24, 2.45) is 0 Å². The molecule has 0 fully saturated rings. The standard InChI is InChI=1S/C13H10N4O3S/c18-12(19)11-16-9-4-2-1-3-8(9)10(17-11)14-5-7-6-21-13(20)15-7/h1-4,6H,5H2,(H,15,20)(H,18,19)(H,14,16,17). The van der Waals surface area contributed by atoms with Crippen LogP contribution < -0.4 is 10.2 Å². The summed E-state index contributed by atoms with van der Waals surface area (Å²) in [5.41, 5.74) is 1.26. The molecule has 0 bridgehead atoms. The second kappa shape index (κ2) is 5.33. The number of carboxylic acid groups (broad SMARTS) is 1. The first-order chi connectivity index (χ1) is 10.1. The fraction of sp³-hybridized carbons (Fsp3) is 0.0769. The minimum absolute atomic E-state index is 0.134. The molecule has 0 amide bonds. The molecule has 3 N–H and O–H groups in total. The number of H-pyrrole nitrogens is 1. The number of rotatable bonds is 4. The maximum absolute atomic E-state index is 11.1. The number of nitrogens with zero attached hydrogens (tertiary/aromatic N) is 2. The summed E-state index contributed by atoms with van der Waals surface area (Å²) in [5, 5.41) is 14.5. The zero-order chi connectivity index (χ0) is 14.8. The average molecular weight is 302 g/mol. The molecular formula is C13H10N4O3S. The summed E-state index contributed by atoms with van der Waals surface area (Å²) in [4.78, 5) is 32.7. The molecule has 0 saturated carbocycles. The van der Waals surface area contributed by atoms with Crippen LogP contribution in [0.3, 0.4) is 0 Å². The van der Waals surface area contributed by atoms with Crippen LogP contribution >= 0.6 is 11.3 Å². The van der Waals surface area contributed by atoms with Crippen LogP contribution in [0, 0.1) is 0 Å². The maximum atomic E-state index is 11.1. The molecule has 3 rings (SSSR count). The van der Waals surface area contributed by atoms with Crippen molar-refractivity contribution in [2.75, 3.05) is 5.32 Å². The summed E-state index contributed by atoms with van der Waals surface area (Å²) in [6, 6.07) is 7.13. The molecule has 0 spiro atoms. The molecule has 7 nitrogen and oxygen atoms in total. The van der Waals surface area contributed by atoms with E-state index in [0.29, 0.717) is 23.6 Å². The molecule has 8 heteroatoms. The SMILES string of the molecule is O=C(O)c1nc(NCc2csc(=O)[nH]2)c2ccccc2n1. The highest BCUT2D eigenvalue weighted by Gasteiger charge is 2.12. The topological polar surface area (TPSA) is 108 Å². The number of anilines is 1. The lowest BCUT2D eigenvalue weighted by molar-refractivity contribution is 0.0684. The van der Waals surface area contributed by atoms with E-state index in [0.717, 1.165) is 16.7 Å². The molecule has 0 saturated heterocycles. The van der Waals surface area contributed by atoms with Gasteiger partial charge in [-0.25, -0.2) is 14.8 Å². The molecule has 2 heterocycles. The van der Waals surface area contributed by atoms with Gasteiger partial charge in [0.15, 0.2) is 0 Å². The smallest absolute Gasteiger partial charge is 0.374 e. The number of aromatic carboxylic acids is 1. The van der Waals surface area contributed by atoms with E-state index in [9.17, 15) is 9.59 Å². The van der Waals surface area contributed by atoms with Crippen molar-refractivity contribution in [1.82, 2.24) is 15.0 Å². The molecule has 0 radical (unpaired) electrons. The zero-order valence-corrected chi connectivity index (χ0v) is 11.5. The third-order valence-corrected chi connectivity index (χ3v) is 3.53. The number of carbonyl (C=O) groups is 1. The number of hydrogen-bond acceptors (Lipinski definition) is 6. The number of fused-ring (bicyclic) bond motifs is 1. The van der Waals surface area contributed by atoms with Crippen molar-refractivity contribution in [3.63, 3.8) is 0 Å². The van der Waals surface area contributed by atoms with Gasteiger partial charge in [-0.1, -0.05) is 23.5 Å². The molecule has 0 atom stereocenters. The molecule has 0 aliphatic rings. The summed E-state index contributed by atoms with van der Waals surface area (Å²) in [7, 11) is 0. The van der Waals surface area contributed by atoms with Crippen molar-refractivity contribution in [3.05, 3.63) is 50.8 Å². The molecule has 106 valence electrons. The number of benzene rings is 1. The Morgan fingerprint density at radius 1 is 1.33 bits per heavy atom. The van der Waals surface area contributed by atoms with Gasteiger partial charge < -0.3 is 15.4 Å². The number of hydrogen-bond donors (Lipinski definition) is 3. The summed E-state index contributed by atoms with van der Waals surface area (Å²) in [5.74, 6) is -1.03. The van der Waals surface area contributed by atoms with Gasteiger partial charge in [-0.15, -0.1) is 0 Å². The van der Waals surface area contributed by atoms with Gasteiger partial charge in [-0.05, 0) is 12.1 Å². The molecule has 3 aromatic rings. The van der Waals surface area contributed by atoms with Crippen molar-refractivity contribution >= 4 is 34.0 Å². The van der Waals surface area contributed by atoms with Crippen LogP contribution in [-0.4, -0.2) is 26.0 Å². The number of para-hydroxylation sites is 1. The Balaban J connectivity index is 1.99. The Hall–Kier alpha value is -2.74. The highest BCUT2D eigenvalue weighted by molar-refractivity contribution is 7.07. The number of nitrogens with one attached hydrogen (secondary N) is 2. The third-order valence-electron chi connectivity index (χ3n) is 2.81. The van der Waals surface area contributed by atoms with E-state index in [-0.39, 0.29) is 10.7 Å². The molecule has 1 aromatic carbocycles. The quantitative estimate of drug-likeness (QED) is 0.677. The fourth-order valence-electron chi connectivity index (χ4n) is 1.89. The lowest BCUT2D eigenvalue weighted by Gasteiger charge is -2.08. The predicted octanol–water partition coefficient (Wildman–Crippen LogP) is 1.69. The Kier molecular flexibility index (Phi) is 3.36. The normalized spacial score (nSPS) is 10.7. The average Bonchev–Trinajstić information content (AvgIpc) is 2.90. The van der Waals surface area contributed by atoms with E-state index in [2.05, 4.69) is 20.3 Å². The second-order valence-electron chi connectivity index (χ2n) is 4.25. The van der Waals surface area contributed by atoms with Gasteiger partial charge in [-0.2, -0.15) is 0 Å². The van der Waals surface area contributed by atoms with Crippen LogP contribution in [-0.2, 0) is 6.54 Å². The molecule has 21 heavy (non-hydrogen) atoms. The first-order valence-corrected chi connectivity index (χ1v) is 6.92. The fourth-order valence-corrected chi connectivity index (χ4v) is 2.47. The Morgan fingerprint density at radius 3 is 2.86 bits per heavy atom. The van der Waals surface area contributed by atoms with Gasteiger partial charge in [0.2, 0.25) is 5.82 Å². The first kappa shape index (κ1) is 13.3. The molecule has 2 aromatic heterocycles. The van der Waals surface area contributed by atoms with Crippen LogP contribution in [0.5, 0.6) is 0 Å². The van der Waals surface area contributed by atoms with Crippen molar-refractivity contribution in [3.8, 4) is 0 Å². The van der Waals surface area contributed by atoms with Crippen LogP contribution in [0.25, 0.3) is 10.9 Å². The highest BCUT2D eigenvalue weighted by Crippen LogP contribution is 2.20. The van der Waals surface area contributed by atoms with Crippen molar-refractivity contribution in [1.29, 1.82) is 0 Å². The molecule has 0 aliphatic carbocycles. The minimum atomic E-state index is -1.19. The molecular weight excluding hydrogens is 292 g/mol. The zero-order valence-electron chi connectivity index (χ0n) is 10.7. The van der Waals surface area contributed by atoms with Crippen LogP contribution in [0.2, 0.25) is 0 Å². The number of thiazole rings is 1. The van der Waals surface area contributed by atoms with Gasteiger partial charge in [0.25, 0.3) is 0 Å². The Bertz CT molecular complexity index is 871. The monoisotopic (exact) mass is 302 g/mol. The number of carboxylic acids is 1.